The maximum Gasteiger partial charge on any atom is 0.120 e. The molecule has 0 aliphatic heterocycles. The van der Waals surface area contributed by atoms with Crippen LogP contribution < -0.4 is 0 Å². The van der Waals surface area contributed by atoms with Gasteiger partial charge in [0.25, 0.3) is 0 Å². The molecule has 66 valence electrons. The molecule has 1 unspecified atom stereocenters. The van der Waals surface area contributed by atoms with Crippen LogP contribution in [-0.4, -0.2) is 6.29 Å². The highest BCUT2D eigenvalue weighted by Crippen LogP contribution is 2.26. The number of aldehydes is 1. The molecule has 0 aliphatic carbocycles. The standard InChI is InChI=1S/C10H14O2/c1-8(2)9(5-6-11)10-4-3-7-12-10/h3-4,6-9H,5H2,1-2H3. The van der Waals surface area contributed by atoms with Crippen molar-refractivity contribution in [2.75, 3.05) is 0 Å². The van der Waals surface area contributed by atoms with E-state index in [4.69, 9.17) is 4.42 Å². The largest absolute Gasteiger partial charge is 0.469 e. The molecule has 0 aliphatic rings. The topological polar surface area (TPSA) is 30.2 Å². The molecule has 2 heteroatoms. The maximum atomic E-state index is 10.4. The Morgan fingerprint density at radius 2 is 2.33 bits per heavy atom. The molecule has 0 spiro atoms. The fourth-order valence-electron chi connectivity index (χ4n) is 1.32. The van der Waals surface area contributed by atoms with E-state index >= 15 is 0 Å². The lowest BCUT2D eigenvalue weighted by Gasteiger charge is -2.14. The molecule has 0 aromatic carbocycles. The van der Waals surface area contributed by atoms with E-state index in [1.54, 1.807) is 6.26 Å². The van der Waals surface area contributed by atoms with Crippen molar-refractivity contribution in [2.45, 2.75) is 26.2 Å². The smallest absolute Gasteiger partial charge is 0.120 e. The van der Waals surface area contributed by atoms with Gasteiger partial charge in [-0.1, -0.05) is 13.8 Å². The number of rotatable bonds is 4. The lowest BCUT2D eigenvalue weighted by atomic mass is 9.91. The summed E-state index contributed by atoms with van der Waals surface area (Å²) in [5, 5.41) is 0. The summed E-state index contributed by atoms with van der Waals surface area (Å²) in [7, 11) is 0. The molecule has 0 saturated heterocycles. The number of hydrogen-bond acceptors (Lipinski definition) is 2. The molecule has 1 atom stereocenters. The fourth-order valence-corrected chi connectivity index (χ4v) is 1.32. The number of carbonyl (C=O) groups excluding carboxylic acids is 1. The molecule has 0 fully saturated rings. The first-order chi connectivity index (χ1) is 5.75. The van der Waals surface area contributed by atoms with Crippen LogP contribution in [0.3, 0.4) is 0 Å². The van der Waals surface area contributed by atoms with Gasteiger partial charge in [-0.2, -0.15) is 0 Å². The van der Waals surface area contributed by atoms with Gasteiger partial charge in [0.2, 0.25) is 0 Å². The Balaban J connectivity index is 2.73. The van der Waals surface area contributed by atoms with Crippen molar-refractivity contribution in [3.63, 3.8) is 0 Å². The van der Waals surface area contributed by atoms with Gasteiger partial charge in [-0.3, -0.25) is 0 Å². The van der Waals surface area contributed by atoms with Crippen LogP contribution in [0, 0.1) is 5.92 Å². The van der Waals surface area contributed by atoms with E-state index in [2.05, 4.69) is 13.8 Å². The first-order valence-corrected chi connectivity index (χ1v) is 4.22. The molecule has 1 rings (SSSR count). The van der Waals surface area contributed by atoms with Crippen LogP contribution in [0.1, 0.15) is 31.9 Å². The number of hydrogen-bond donors (Lipinski definition) is 0. The molecule has 2 nitrogen and oxygen atoms in total. The summed E-state index contributed by atoms with van der Waals surface area (Å²) in [5.41, 5.74) is 0. The SMILES string of the molecule is CC(C)C(CC=O)c1ccco1. The minimum absolute atomic E-state index is 0.234. The molecule has 1 aromatic heterocycles. The van der Waals surface area contributed by atoms with Gasteiger partial charge in [0.15, 0.2) is 0 Å². The Morgan fingerprint density at radius 1 is 1.58 bits per heavy atom. The summed E-state index contributed by atoms with van der Waals surface area (Å²) in [6.07, 6.45) is 3.15. The minimum Gasteiger partial charge on any atom is -0.469 e. The average molecular weight is 166 g/mol. The van der Waals surface area contributed by atoms with Crippen LogP contribution in [-0.2, 0) is 4.79 Å². The highest BCUT2D eigenvalue weighted by molar-refractivity contribution is 5.51. The summed E-state index contributed by atoms with van der Waals surface area (Å²) >= 11 is 0. The second-order valence-electron chi connectivity index (χ2n) is 3.27. The third-order valence-electron chi connectivity index (χ3n) is 2.06. The Labute approximate surface area is 72.6 Å². The lowest BCUT2D eigenvalue weighted by molar-refractivity contribution is -0.108. The molecular weight excluding hydrogens is 152 g/mol. The highest BCUT2D eigenvalue weighted by atomic mass is 16.3. The third kappa shape index (κ3) is 1.97. The molecular formula is C10H14O2. The summed E-state index contributed by atoms with van der Waals surface area (Å²) in [6.45, 7) is 4.19. The first kappa shape index (κ1) is 9.04. The minimum atomic E-state index is 0.234. The Kier molecular flexibility index (Phi) is 3.09. The van der Waals surface area contributed by atoms with Gasteiger partial charge in [-0.05, 0) is 18.1 Å². The Morgan fingerprint density at radius 3 is 2.75 bits per heavy atom. The normalized spacial score (nSPS) is 13.2. The van der Waals surface area contributed by atoms with E-state index in [0.29, 0.717) is 12.3 Å². The molecule has 12 heavy (non-hydrogen) atoms. The predicted molar refractivity (Wildman–Crippen MR) is 47.0 cm³/mol. The van der Waals surface area contributed by atoms with Gasteiger partial charge < -0.3 is 9.21 Å². The fraction of sp³-hybridized carbons (Fsp3) is 0.500. The second-order valence-corrected chi connectivity index (χ2v) is 3.27. The molecule has 0 bridgehead atoms. The van der Waals surface area contributed by atoms with Gasteiger partial charge in [0.05, 0.1) is 6.26 Å². The van der Waals surface area contributed by atoms with Crippen LogP contribution >= 0.6 is 0 Å². The first-order valence-electron chi connectivity index (χ1n) is 4.22. The number of furan rings is 1. The van der Waals surface area contributed by atoms with Gasteiger partial charge in [0.1, 0.15) is 12.0 Å². The van der Waals surface area contributed by atoms with Crippen LogP contribution in [0.25, 0.3) is 0 Å². The molecule has 1 aromatic rings. The number of carbonyl (C=O) groups is 1. The molecule has 0 amide bonds. The molecule has 1 heterocycles. The zero-order valence-electron chi connectivity index (χ0n) is 7.49. The van der Waals surface area contributed by atoms with E-state index in [0.717, 1.165) is 12.0 Å². The van der Waals surface area contributed by atoms with E-state index in [1.165, 1.54) is 0 Å². The maximum absolute atomic E-state index is 10.4. The third-order valence-corrected chi connectivity index (χ3v) is 2.06. The van der Waals surface area contributed by atoms with Crippen molar-refractivity contribution in [2.24, 2.45) is 5.92 Å². The average Bonchev–Trinajstić information content (AvgIpc) is 2.51. The van der Waals surface area contributed by atoms with Crippen molar-refractivity contribution >= 4 is 6.29 Å². The van der Waals surface area contributed by atoms with E-state index in [1.807, 2.05) is 12.1 Å². The van der Waals surface area contributed by atoms with Crippen LogP contribution in [0.5, 0.6) is 0 Å². The summed E-state index contributed by atoms with van der Waals surface area (Å²) in [6, 6.07) is 3.78. The predicted octanol–water partition coefficient (Wildman–Crippen LogP) is 2.61. The lowest BCUT2D eigenvalue weighted by Crippen LogP contribution is -2.06. The van der Waals surface area contributed by atoms with Gasteiger partial charge in [-0.15, -0.1) is 0 Å². The van der Waals surface area contributed by atoms with Crippen LogP contribution in [0.2, 0.25) is 0 Å². The van der Waals surface area contributed by atoms with Crippen molar-refractivity contribution in [3.05, 3.63) is 24.2 Å². The van der Waals surface area contributed by atoms with Gasteiger partial charge >= 0.3 is 0 Å². The van der Waals surface area contributed by atoms with Crippen LogP contribution in [0.15, 0.2) is 22.8 Å². The molecule has 0 saturated carbocycles. The van der Waals surface area contributed by atoms with Crippen molar-refractivity contribution < 1.29 is 9.21 Å². The Bertz CT molecular complexity index is 224. The summed E-state index contributed by atoms with van der Waals surface area (Å²) in [4.78, 5) is 10.4. The van der Waals surface area contributed by atoms with E-state index < -0.39 is 0 Å². The van der Waals surface area contributed by atoms with Crippen molar-refractivity contribution in [3.8, 4) is 0 Å². The Hall–Kier alpha value is -1.05. The zero-order valence-corrected chi connectivity index (χ0v) is 7.49. The monoisotopic (exact) mass is 166 g/mol. The van der Waals surface area contributed by atoms with Gasteiger partial charge in [-0.25, -0.2) is 0 Å². The van der Waals surface area contributed by atoms with Crippen LogP contribution in [0.4, 0.5) is 0 Å². The zero-order chi connectivity index (χ0) is 8.97. The molecule has 0 radical (unpaired) electrons. The highest BCUT2D eigenvalue weighted by Gasteiger charge is 2.17. The van der Waals surface area contributed by atoms with Gasteiger partial charge in [0, 0.05) is 12.3 Å². The molecule has 0 N–H and O–H groups in total. The summed E-state index contributed by atoms with van der Waals surface area (Å²) < 4.78 is 5.25. The van der Waals surface area contributed by atoms with E-state index in [9.17, 15) is 4.79 Å². The van der Waals surface area contributed by atoms with E-state index in [-0.39, 0.29) is 5.92 Å². The quantitative estimate of drug-likeness (QED) is 0.643. The van der Waals surface area contributed by atoms with Crippen molar-refractivity contribution in [1.29, 1.82) is 0 Å². The van der Waals surface area contributed by atoms with Crippen molar-refractivity contribution in [1.82, 2.24) is 0 Å². The summed E-state index contributed by atoms with van der Waals surface area (Å²) in [5.74, 6) is 1.59. The second kappa shape index (κ2) is 4.10.